The van der Waals surface area contributed by atoms with Crippen LogP contribution in [-0.4, -0.2) is 23.3 Å². The number of nitrogens with two attached hydrogens (primary N) is 1. The minimum absolute atomic E-state index is 0.383. The van der Waals surface area contributed by atoms with Crippen LogP contribution in [0.25, 0.3) is 0 Å². The van der Waals surface area contributed by atoms with E-state index in [2.05, 4.69) is 10.2 Å². The third-order valence-electron chi connectivity index (χ3n) is 2.98. The van der Waals surface area contributed by atoms with Gasteiger partial charge in [0.15, 0.2) is 0 Å². The highest BCUT2D eigenvalue weighted by Gasteiger charge is 2.35. The summed E-state index contributed by atoms with van der Waals surface area (Å²) in [5, 5.41) is 8.10. The van der Waals surface area contributed by atoms with Crippen LogP contribution in [-0.2, 0) is 16.8 Å². The lowest BCUT2D eigenvalue weighted by Gasteiger charge is -2.30. The second kappa shape index (κ2) is 4.93. The third kappa shape index (κ3) is 2.41. The minimum Gasteiger partial charge on any atom is -0.422 e. The largest absolute Gasteiger partial charge is 0.422 e. The van der Waals surface area contributed by atoms with E-state index in [0.717, 1.165) is 38.7 Å². The number of rotatable bonds is 4. The quantitative estimate of drug-likeness (QED) is 0.837. The lowest BCUT2D eigenvalue weighted by molar-refractivity contribution is -0.0871. The highest BCUT2D eigenvalue weighted by atomic mass is 16.5. The van der Waals surface area contributed by atoms with Gasteiger partial charge in [0.25, 0.3) is 0 Å². The zero-order valence-electron chi connectivity index (χ0n) is 9.74. The zero-order chi connectivity index (χ0) is 11.4. The van der Waals surface area contributed by atoms with E-state index in [1.165, 1.54) is 0 Å². The molecule has 2 N–H and O–H groups in total. The van der Waals surface area contributed by atoms with Gasteiger partial charge in [0, 0.05) is 13.0 Å². The molecule has 1 aromatic heterocycles. The third-order valence-corrected chi connectivity index (χ3v) is 2.98. The van der Waals surface area contributed by atoms with E-state index in [1.54, 1.807) is 0 Å². The molecular weight excluding hydrogens is 206 g/mol. The molecule has 1 atom stereocenters. The number of aromatic nitrogens is 2. The molecule has 2 heterocycles. The highest BCUT2D eigenvalue weighted by molar-refractivity contribution is 4.97. The molecule has 0 bridgehead atoms. The van der Waals surface area contributed by atoms with Crippen molar-refractivity contribution in [3.8, 4) is 0 Å². The van der Waals surface area contributed by atoms with Gasteiger partial charge < -0.3 is 14.9 Å². The Morgan fingerprint density at radius 3 is 2.94 bits per heavy atom. The minimum atomic E-state index is -0.383. The molecular formula is C11H19N3O2. The second-order valence-corrected chi connectivity index (χ2v) is 4.43. The standard InChI is InChI=1S/C11H19N3O2/c1-11(6-2-3-8-15-11)10-14-13-9(16-10)5-4-7-12/h2-8,12H2,1H3. The first kappa shape index (κ1) is 11.5. The predicted octanol–water partition coefficient (Wildman–Crippen LogP) is 1.38. The molecule has 1 unspecified atom stereocenters. The van der Waals surface area contributed by atoms with Gasteiger partial charge in [-0.25, -0.2) is 0 Å². The lowest BCUT2D eigenvalue weighted by atomic mass is 9.96. The number of hydrogen-bond acceptors (Lipinski definition) is 5. The molecule has 16 heavy (non-hydrogen) atoms. The maximum absolute atomic E-state index is 5.75. The maximum Gasteiger partial charge on any atom is 0.247 e. The average molecular weight is 225 g/mol. The monoisotopic (exact) mass is 225 g/mol. The molecule has 0 spiro atoms. The van der Waals surface area contributed by atoms with Gasteiger partial charge in [-0.3, -0.25) is 0 Å². The van der Waals surface area contributed by atoms with Crippen LogP contribution in [0.5, 0.6) is 0 Å². The number of aryl methyl sites for hydroxylation is 1. The van der Waals surface area contributed by atoms with Crippen LogP contribution < -0.4 is 5.73 Å². The average Bonchev–Trinajstić information content (AvgIpc) is 2.77. The van der Waals surface area contributed by atoms with Crippen molar-refractivity contribution in [1.82, 2.24) is 10.2 Å². The molecule has 90 valence electrons. The van der Waals surface area contributed by atoms with Crippen molar-refractivity contribution in [2.24, 2.45) is 5.73 Å². The van der Waals surface area contributed by atoms with Gasteiger partial charge >= 0.3 is 0 Å². The first-order chi connectivity index (χ1) is 7.74. The van der Waals surface area contributed by atoms with Gasteiger partial charge in [0.05, 0.1) is 0 Å². The van der Waals surface area contributed by atoms with Gasteiger partial charge in [-0.05, 0) is 39.2 Å². The van der Waals surface area contributed by atoms with Crippen LogP contribution in [0, 0.1) is 0 Å². The van der Waals surface area contributed by atoms with Crippen molar-refractivity contribution in [3.63, 3.8) is 0 Å². The first-order valence-corrected chi connectivity index (χ1v) is 5.91. The van der Waals surface area contributed by atoms with E-state index >= 15 is 0 Å². The summed E-state index contributed by atoms with van der Waals surface area (Å²) in [5.74, 6) is 1.27. The van der Waals surface area contributed by atoms with E-state index in [4.69, 9.17) is 14.9 Å². The van der Waals surface area contributed by atoms with Crippen molar-refractivity contribution in [1.29, 1.82) is 0 Å². The Hall–Kier alpha value is -0.940. The van der Waals surface area contributed by atoms with Crippen LogP contribution >= 0.6 is 0 Å². The normalized spacial score (nSPS) is 25.9. The smallest absolute Gasteiger partial charge is 0.247 e. The molecule has 5 nitrogen and oxygen atoms in total. The van der Waals surface area contributed by atoms with Crippen LogP contribution in [0.2, 0.25) is 0 Å². The fourth-order valence-corrected chi connectivity index (χ4v) is 1.92. The molecule has 2 rings (SSSR count). The fraction of sp³-hybridized carbons (Fsp3) is 0.818. The topological polar surface area (TPSA) is 74.2 Å². The van der Waals surface area contributed by atoms with Gasteiger partial charge in [-0.1, -0.05) is 0 Å². The van der Waals surface area contributed by atoms with Crippen molar-refractivity contribution < 1.29 is 9.15 Å². The molecule has 1 saturated heterocycles. The predicted molar refractivity (Wildman–Crippen MR) is 58.8 cm³/mol. The molecule has 1 fully saturated rings. The van der Waals surface area contributed by atoms with E-state index < -0.39 is 0 Å². The zero-order valence-corrected chi connectivity index (χ0v) is 9.74. The molecule has 0 radical (unpaired) electrons. The van der Waals surface area contributed by atoms with Crippen molar-refractivity contribution in [3.05, 3.63) is 11.8 Å². The van der Waals surface area contributed by atoms with Crippen LogP contribution in [0.1, 0.15) is 44.4 Å². The number of hydrogen-bond donors (Lipinski definition) is 1. The van der Waals surface area contributed by atoms with E-state index in [0.29, 0.717) is 18.3 Å². The van der Waals surface area contributed by atoms with E-state index in [9.17, 15) is 0 Å². The number of ether oxygens (including phenoxy) is 1. The molecule has 1 aliphatic heterocycles. The summed E-state index contributed by atoms with van der Waals surface area (Å²) in [4.78, 5) is 0. The van der Waals surface area contributed by atoms with Crippen LogP contribution in [0.4, 0.5) is 0 Å². The summed E-state index contributed by atoms with van der Waals surface area (Å²) in [7, 11) is 0. The summed E-state index contributed by atoms with van der Waals surface area (Å²) in [6, 6.07) is 0. The fourth-order valence-electron chi connectivity index (χ4n) is 1.92. The summed E-state index contributed by atoms with van der Waals surface area (Å²) in [5.41, 5.74) is 5.05. The molecule has 0 saturated carbocycles. The lowest BCUT2D eigenvalue weighted by Crippen LogP contribution is -2.30. The van der Waals surface area contributed by atoms with Crippen molar-refractivity contribution >= 4 is 0 Å². The maximum atomic E-state index is 5.75. The van der Waals surface area contributed by atoms with Gasteiger partial charge in [-0.2, -0.15) is 0 Å². The second-order valence-electron chi connectivity index (χ2n) is 4.43. The molecule has 0 aliphatic carbocycles. The Kier molecular flexibility index (Phi) is 3.56. The van der Waals surface area contributed by atoms with Crippen LogP contribution in [0.15, 0.2) is 4.42 Å². The Labute approximate surface area is 95.4 Å². The van der Waals surface area contributed by atoms with E-state index in [1.807, 2.05) is 6.92 Å². The Balaban J connectivity index is 2.05. The van der Waals surface area contributed by atoms with Gasteiger partial charge in [0.1, 0.15) is 5.60 Å². The SMILES string of the molecule is CC1(c2nnc(CCCN)o2)CCCCO1. The number of nitrogens with zero attached hydrogens (tertiary/aromatic N) is 2. The summed E-state index contributed by atoms with van der Waals surface area (Å²) < 4.78 is 11.4. The summed E-state index contributed by atoms with van der Waals surface area (Å²) in [6.45, 7) is 3.44. The Morgan fingerprint density at radius 2 is 2.25 bits per heavy atom. The van der Waals surface area contributed by atoms with Gasteiger partial charge in [-0.15, -0.1) is 10.2 Å². The molecule has 0 aromatic carbocycles. The molecule has 1 aliphatic rings. The molecule has 0 amide bonds. The Bertz CT molecular complexity index is 332. The van der Waals surface area contributed by atoms with Gasteiger partial charge in [0.2, 0.25) is 11.8 Å². The highest BCUT2D eigenvalue weighted by Crippen LogP contribution is 2.33. The molecule has 1 aromatic rings. The van der Waals surface area contributed by atoms with Crippen molar-refractivity contribution in [2.45, 2.75) is 44.6 Å². The summed E-state index contributed by atoms with van der Waals surface area (Å²) >= 11 is 0. The summed E-state index contributed by atoms with van der Waals surface area (Å²) in [6.07, 6.45) is 4.84. The Morgan fingerprint density at radius 1 is 1.38 bits per heavy atom. The van der Waals surface area contributed by atoms with E-state index in [-0.39, 0.29) is 5.60 Å². The molecule has 5 heteroatoms. The van der Waals surface area contributed by atoms with Crippen molar-refractivity contribution in [2.75, 3.05) is 13.2 Å². The first-order valence-electron chi connectivity index (χ1n) is 5.91. The van der Waals surface area contributed by atoms with Crippen LogP contribution in [0.3, 0.4) is 0 Å².